The number of sulfonamides is 1. The van der Waals surface area contributed by atoms with Gasteiger partial charge in [0.2, 0.25) is 10.0 Å². The lowest BCUT2D eigenvalue weighted by atomic mass is 10.4. The maximum Gasteiger partial charge on any atom is 0.241 e. The van der Waals surface area contributed by atoms with Crippen LogP contribution in [0.1, 0.15) is 6.92 Å². The van der Waals surface area contributed by atoms with Gasteiger partial charge in [0.15, 0.2) is 0 Å². The molecule has 0 saturated carbocycles. The zero-order chi connectivity index (χ0) is 13.9. The molecule has 0 saturated heterocycles. The van der Waals surface area contributed by atoms with Gasteiger partial charge in [-0.05, 0) is 41.1 Å². The summed E-state index contributed by atoms with van der Waals surface area (Å²) in [6, 6.07) is 4.91. The molecule has 1 aromatic carbocycles. The molecule has 0 radical (unpaired) electrons. The van der Waals surface area contributed by atoms with Crippen molar-refractivity contribution in [2.24, 2.45) is 0 Å². The molecule has 8 heteroatoms. The van der Waals surface area contributed by atoms with Gasteiger partial charge in [0.1, 0.15) is 0 Å². The highest BCUT2D eigenvalue weighted by Crippen LogP contribution is 2.25. The summed E-state index contributed by atoms with van der Waals surface area (Å²) in [6.07, 6.45) is 1.55. The van der Waals surface area contributed by atoms with Crippen LogP contribution in [0.5, 0.6) is 0 Å². The van der Waals surface area contributed by atoms with Crippen LogP contribution in [0.4, 0.5) is 0 Å². The third-order valence-corrected chi connectivity index (χ3v) is 6.52. The first kappa shape index (κ1) is 16.3. The first-order valence-electron chi connectivity index (χ1n) is 5.01. The Morgan fingerprint density at radius 1 is 1.39 bits per heavy atom. The third kappa shape index (κ3) is 4.41. The lowest BCUT2D eigenvalue weighted by Gasteiger charge is -2.12. The van der Waals surface area contributed by atoms with Crippen molar-refractivity contribution in [2.75, 3.05) is 12.8 Å². The average molecular weight is 419 g/mol. The second-order valence-electron chi connectivity index (χ2n) is 3.74. The monoisotopic (exact) mass is 417 g/mol. The summed E-state index contributed by atoms with van der Waals surface area (Å²) in [5.74, 6) is 0. The van der Waals surface area contributed by atoms with Gasteiger partial charge in [0.05, 0.1) is 4.90 Å². The van der Waals surface area contributed by atoms with Gasteiger partial charge in [0.25, 0.3) is 0 Å². The Labute approximate surface area is 126 Å². The minimum Gasteiger partial charge on any atom is -0.260 e. The van der Waals surface area contributed by atoms with Crippen LogP contribution in [0.3, 0.4) is 0 Å². The summed E-state index contributed by atoms with van der Waals surface area (Å²) in [5.41, 5.74) is 0. The van der Waals surface area contributed by atoms with Gasteiger partial charge in [-0.1, -0.05) is 15.9 Å². The minimum absolute atomic E-state index is 0.143. The van der Waals surface area contributed by atoms with Gasteiger partial charge in [-0.15, -0.1) is 0 Å². The standard InChI is InChI=1S/C10H13Br2NO3S2/c1-7(17(2)14)6-13-18(15,16)10-5-8(11)3-4-9(10)12/h3-5,7,13H,6H2,1-2H3. The zero-order valence-electron chi connectivity index (χ0n) is 9.81. The molecule has 0 aliphatic rings. The lowest BCUT2D eigenvalue weighted by molar-refractivity contribution is 0.580. The van der Waals surface area contributed by atoms with E-state index in [2.05, 4.69) is 36.6 Å². The van der Waals surface area contributed by atoms with E-state index in [-0.39, 0.29) is 16.7 Å². The van der Waals surface area contributed by atoms with Gasteiger partial charge >= 0.3 is 0 Å². The van der Waals surface area contributed by atoms with Crippen molar-refractivity contribution in [2.45, 2.75) is 17.1 Å². The minimum atomic E-state index is -3.60. The van der Waals surface area contributed by atoms with Crippen LogP contribution in [-0.4, -0.2) is 30.7 Å². The molecule has 0 aliphatic heterocycles. The number of rotatable bonds is 5. The Kier molecular flexibility index (Phi) is 5.98. The van der Waals surface area contributed by atoms with E-state index in [9.17, 15) is 12.6 Å². The molecule has 1 aromatic rings. The molecular weight excluding hydrogens is 406 g/mol. The molecule has 0 aliphatic carbocycles. The fourth-order valence-corrected chi connectivity index (χ4v) is 4.16. The van der Waals surface area contributed by atoms with E-state index in [1.54, 1.807) is 25.3 Å². The van der Waals surface area contributed by atoms with Crippen molar-refractivity contribution >= 4 is 52.7 Å². The Balaban J connectivity index is 2.93. The fraction of sp³-hybridized carbons (Fsp3) is 0.400. The van der Waals surface area contributed by atoms with Crippen molar-refractivity contribution in [3.05, 3.63) is 27.1 Å². The summed E-state index contributed by atoms with van der Waals surface area (Å²) in [6.45, 7) is 1.87. The Bertz CT molecular complexity index is 560. The Hall–Kier alpha value is 0.240. The molecule has 2 atom stereocenters. The Morgan fingerprint density at radius 3 is 2.56 bits per heavy atom. The third-order valence-electron chi connectivity index (χ3n) is 2.31. The van der Waals surface area contributed by atoms with Crippen LogP contribution in [0, 0.1) is 0 Å². The molecule has 1 N–H and O–H groups in total. The van der Waals surface area contributed by atoms with Gasteiger partial charge in [-0.2, -0.15) is 0 Å². The summed E-state index contributed by atoms with van der Waals surface area (Å²) >= 11 is 6.43. The topological polar surface area (TPSA) is 63.2 Å². The van der Waals surface area contributed by atoms with Crippen LogP contribution < -0.4 is 4.72 Å². The second kappa shape index (κ2) is 6.60. The number of halogens is 2. The molecule has 4 nitrogen and oxygen atoms in total. The van der Waals surface area contributed by atoms with Crippen LogP contribution in [0.2, 0.25) is 0 Å². The molecule has 18 heavy (non-hydrogen) atoms. The quantitative estimate of drug-likeness (QED) is 0.797. The highest BCUT2D eigenvalue weighted by molar-refractivity contribution is 9.11. The van der Waals surface area contributed by atoms with Crippen molar-refractivity contribution in [1.29, 1.82) is 0 Å². The van der Waals surface area contributed by atoms with Crippen LogP contribution in [0.15, 0.2) is 32.0 Å². The molecular formula is C10H13Br2NO3S2. The summed E-state index contributed by atoms with van der Waals surface area (Å²) in [4.78, 5) is 0.158. The molecule has 2 unspecified atom stereocenters. The maximum absolute atomic E-state index is 12.1. The smallest absolute Gasteiger partial charge is 0.241 e. The van der Waals surface area contributed by atoms with E-state index in [1.165, 1.54) is 6.07 Å². The Morgan fingerprint density at radius 2 is 2.00 bits per heavy atom. The summed E-state index contributed by atoms with van der Waals surface area (Å²) in [5, 5.41) is -0.231. The van der Waals surface area contributed by atoms with Gasteiger partial charge < -0.3 is 0 Å². The molecule has 0 heterocycles. The van der Waals surface area contributed by atoms with Crippen molar-refractivity contribution in [1.82, 2.24) is 4.72 Å². The first-order chi connectivity index (χ1) is 8.24. The largest absolute Gasteiger partial charge is 0.260 e. The van der Waals surface area contributed by atoms with E-state index in [1.807, 2.05) is 0 Å². The van der Waals surface area contributed by atoms with E-state index in [4.69, 9.17) is 0 Å². The SMILES string of the molecule is CC(CNS(=O)(=O)c1cc(Br)ccc1Br)S(C)=O. The average Bonchev–Trinajstić information content (AvgIpc) is 2.29. The van der Waals surface area contributed by atoms with Gasteiger partial charge in [-0.3, -0.25) is 4.21 Å². The highest BCUT2D eigenvalue weighted by Gasteiger charge is 2.19. The molecule has 0 amide bonds. The first-order valence-corrected chi connectivity index (χ1v) is 9.70. The van der Waals surface area contributed by atoms with Crippen molar-refractivity contribution in [3.8, 4) is 0 Å². The molecule has 0 spiro atoms. The van der Waals surface area contributed by atoms with E-state index in [0.717, 1.165) is 0 Å². The zero-order valence-corrected chi connectivity index (χ0v) is 14.6. The summed E-state index contributed by atoms with van der Waals surface area (Å²) in [7, 11) is -4.66. The number of nitrogens with one attached hydrogen (secondary N) is 1. The number of benzene rings is 1. The predicted molar refractivity (Wildman–Crippen MR) is 80.6 cm³/mol. The molecule has 0 aromatic heterocycles. The van der Waals surface area contributed by atoms with Crippen LogP contribution in [0.25, 0.3) is 0 Å². The number of hydrogen-bond donors (Lipinski definition) is 1. The maximum atomic E-state index is 12.1. The lowest BCUT2D eigenvalue weighted by Crippen LogP contribution is -2.32. The molecule has 0 bridgehead atoms. The van der Waals surface area contributed by atoms with E-state index < -0.39 is 20.8 Å². The van der Waals surface area contributed by atoms with E-state index in [0.29, 0.717) is 8.95 Å². The molecule has 0 fully saturated rings. The van der Waals surface area contributed by atoms with Crippen molar-refractivity contribution in [3.63, 3.8) is 0 Å². The van der Waals surface area contributed by atoms with Crippen LogP contribution >= 0.6 is 31.9 Å². The van der Waals surface area contributed by atoms with Gasteiger partial charge in [-0.25, -0.2) is 13.1 Å². The van der Waals surface area contributed by atoms with Crippen molar-refractivity contribution < 1.29 is 12.6 Å². The predicted octanol–water partition coefficient (Wildman–Crippen LogP) is 2.26. The van der Waals surface area contributed by atoms with E-state index >= 15 is 0 Å². The van der Waals surface area contributed by atoms with Crippen LogP contribution in [-0.2, 0) is 20.8 Å². The summed E-state index contributed by atoms with van der Waals surface area (Å²) < 4.78 is 38.9. The molecule has 1 rings (SSSR count). The highest BCUT2D eigenvalue weighted by atomic mass is 79.9. The number of hydrogen-bond acceptors (Lipinski definition) is 3. The molecule has 102 valence electrons. The van der Waals surface area contributed by atoms with Gasteiger partial charge in [0, 0.05) is 37.8 Å². The second-order valence-corrected chi connectivity index (χ2v) is 9.04. The normalized spacial score (nSPS) is 15.3. The fourth-order valence-electron chi connectivity index (χ4n) is 1.11.